The van der Waals surface area contributed by atoms with Gasteiger partial charge in [-0.15, -0.1) is 0 Å². The maximum atomic E-state index is 12.7. The number of aryl methyl sites for hydroxylation is 2. The van der Waals surface area contributed by atoms with E-state index in [9.17, 15) is 4.79 Å². The highest BCUT2D eigenvalue weighted by Crippen LogP contribution is 2.26. The van der Waals surface area contributed by atoms with Gasteiger partial charge >= 0.3 is 0 Å². The summed E-state index contributed by atoms with van der Waals surface area (Å²) in [5.41, 5.74) is 4.24. The minimum absolute atomic E-state index is 0.0219. The minimum atomic E-state index is -0.163. The average molecular weight is 325 g/mol. The number of hydrogen-bond acceptors (Lipinski definition) is 4. The molecule has 0 bridgehead atoms. The van der Waals surface area contributed by atoms with Crippen LogP contribution in [0.25, 0.3) is 10.2 Å². The first-order valence-electron chi connectivity index (χ1n) is 7.69. The Morgan fingerprint density at radius 3 is 2.70 bits per heavy atom. The zero-order chi connectivity index (χ0) is 16.4. The summed E-state index contributed by atoms with van der Waals surface area (Å²) >= 11 is 1.33. The first-order chi connectivity index (χ1) is 11.1. The summed E-state index contributed by atoms with van der Waals surface area (Å²) in [5, 5.41) is 3.08. The van der Waals surface area contributed by atoms with Crippen molar-refractivity contribution in [1.29, 1.82) is 0 Å². The highest BCUT2D eigenvalue weighted by molar-refractivity contribution is 7.13. The fourth-order valence-electron chi connectivity index (χ4n) is 2.72. The minimum Gasteiger partial charge on any atom is -0.344 e. The van der Waals surface area contributed by atoms with Crippen molar-refractivity contribution >= 4 is 27.7 Å². The third-order valence-electron chi connectivity index (χ3n) is 3.87. The molecular weight excluding hydrogens is 306 g/mol. The van der Waals surface area contributed by atoms with Crippen LogP contribution in [0.3, 0.4) is 0 Å². The van der Waals surface area contributed by atoms with Crippen molar-refractivity contribution in [3.05, 3.63) is 58.9 Å². The molecule has 3 aromatic rings. The molecule has 0 fully saturated rings. The summed E-state index contributed by atoms with van der Waals surface area (Å²) in [4.78, 5) is 17.2. The van der Waals surface area contributed by atoms with Gasteiger partial charge < -0.3 is 5.32 Å². The van der Waals surface area contributed by atoms with Crippen molar-refractivity contribution < 1.29 is 4.79 Å². The van der Waals surface area contributed by atoms with Gasteiger partial charge in [-0.05, 0) is 49.0 Å². The third kappa shape index (κ3) is 3.10. The molecule has 1 amide bonds. The van der Waals surface area contributed by atoms with Gasteiger partial charge in [0.05, 0.1) is 10.7 Å². The van der Waals surface area contributed by atoms with Crippen LogP contribution in [0.4, 0.5) is 0 Å². The number of carbonyl (C=O) groups is 1. The van der Waals surface area contributed by atoms with Crippen LogP contribution in [0, 0.1) is 13.8 Å². The number of fused-ring (bicyclic) bond motifs is 1. The molecule has 3 rings (SSSR count). The molecule has 0 saturated carbocycles. The number of aromatic nitrogens is 2. The zero-order valence-electron chi connectivity index (χ0n) is 13.5. The largest absolute Gasteiger partial charge is 0.344 e. The molecule has 2 aromatic heterocycles. The number of hydrogen-bond donors (Lipinski definition) is 1. The lowest BCUT2D eigenvalue weighted by atomic mass is 10.0. The van der Waals surface area contributed by atoms with Crippen molar-refractivity contribution in [2.45, 2.75) is 33.2 Å². The fourth-order valence-corrected chi connectivity index (χ4v) is 3.50. The summed E-state index contributed by atoms with van der Waals surface area (Å²) in [6.45, 7) is 6.02. The number of carbonyl (C=O) groups excluding carboxylic acids is 1. The molecular formula is C18H19N3OS. The molecule has 0 aliphatic rings. The molecule has 0 aliphatic heterocycles. The fraction of sp³-hybridized carbons (Fsp3) is 0.278. The Kier molecular flexibility index (Phi) is 4.39. The molecule has 0 radical (unpaired) electrons. The number of rotatable bonds is 4. The highest BCUT2D eigenvalue weighted by atomic mass is 32.1. The van der Waals surface area contributed by atoms with E-state index in [1.54, 1.807) is 0 Å². The Hall–Kier alpha value is -2.27. The van der Waals surface area contributed by atoms with Crippen LogP contribution in [-0.2, 0) is 0 Å². The number of nitrogens with one attached hydrogen (secondary N) is 1. The van der Waals surface area contributed by atoms with Crippen molar-refractivity contribution in [2.24, 2.45) is 0 Å². The van der Waals surface area contributed by atoms with Crippen LogP contribution in [0.5, 0.6) is 0 Å². The van der Waals surface area contributed by atoms with Crippen LogP contribution in [0.2, 0.25) is 0 Å². The van der Waals surface area contributed by atoms with E-state index in [4.69, 9.17) is 0 Å². The van der Waals surface area contributed by atoms with Gasteiger partial charge in [-0.1, -0.05) is 37.3 Å². The van der Waals surface area contributed by atoms with Crippen LogP contribution in [0.1, 0.15) is 46.7 Å². The lowest BCUT2D eigenvalue weighted by Gasteiger charge is -2.16. The van der Waals surface area contributed by atoms with Gasteiger partial charge in [0, 0.05) is 5.69 Å². The van der Waals surface area contributed by atoms with Gasteiger partial charge in [-0.3, -0.25) is 4.79 Å². The van der Waals surface area contributed by atoms with Gasteiger partial charge in [0.25, 0.3) is 5.91 Å². The van der Waals surface area contributed by atoms with Crippen molar-refractivity contribution in [2.75, 3.05) is 0 Å². The Morgan fingerprint density at radius 2 is 2.00 bits per heavy atom. The summed E-state index contributed by atoms with van der Waals surface area (Å²) in [7, 11) is 0. The maximum absolute atomic E-state index is 12.7. The summed E-state index contributed by atoms with van der Waals surface area (Å²) < 4.78 is 5.33. The zero-order valence-corrected chi connectivity index (χ0v) is 14.3. The SMILES string of the molecule is CCC(NC(=O)c1nsc2c(C)cc(C)nc12)c1ccccc1. The predicted molar refractivity (Wildman–Crippen MR) is 93.8 cm³/mol. The smallest absolute Gasteiger partial charge is 0.273 e. The van der Waals surface area contributed by atoms with Crippen molar-refractivity contribution in [3.8, 4) is 0 Å². The second-order valence-corrected chi connectivity index (χ2v) is 6.41. The highest BCUT2D eigenvalue weighted by Gasteiger charge is 2.20. The summed E-state index contributed by atoms with van der Waals surface area (Å²) in [5.74, 6) is -0.163. The summed E-state index contributed by atoms with van der Waals surface area (Å²) in [6.07, 6.45) is 0.823. The van der Waals surface area contributed by atoms with Gasteiger partial charge in [-0.25, -0.2) is 4.98 Å². The van der Waals surface area contributed by atoms with E-state index in [0.717, 1.165) is 27.9 Å². The predicted octanol–water partition coefficient (Wildman–Crippen LogP) is 4.19. The molecule has 0 spiro atoms. The molecule has 0 aliphatic carbocycles. The van der Waals surface area contributed by atoms with E-state index in [1.807, 2.05) is 50.2 Å². The van der Waals surface area contributed by atoms with E-state index in [0.29, 0.717) is 11.2 Å². The topological polar surface area (TPSA) is 54.9 Å². The Balaban J connectivity index is 1.92. The molecule has 0 saturated heterocycles. The number of pyridine rings is 1. The molecule has 1 atom stereocenters. The van der Waals surface area contributed by atoms with Crippen LogP contribution in [0.15, 0.2) is 36.4 Å². The monoisotopic (exact) mass is 325 g/mol. The Bertz CT molecular complexity index is 842. The standard InChI is InChI=1S/C18H19N3OS/c1-4-14(13-8-6-5-7-9-13)20-18(22)16-15-17(23-21-16)11(2)10-12(3)19-15/h5-10,14H,4H2,1-3H3,(H,20,22). The second-order valence-electron chi connectivity index (χ2n) is 5.63. The van der Waals surface area contributed by atoms with Gasteiger partial charge in [0.1, 0.15) is 5.52 Å². The van der Waals surface area contributed by atoms with Gasteiger partial charge in [0.15, 0.2) is 5.69 Å². The Morgan fingerprint density at radius 1 is 1.26 bits per heavy atom. The van der Waals surface area contributed by atoms with Gasteiger partial charge in [-0.2, -0.15) is 4.37 Å². The normalized spacial score (nSPS) is 12.3. The third-order valence-corrected chi connectivity index (χ3v) is 4.84. The van der Waals surface area contributed by atoms with Crippen molar-refractivity contribution in [1.82, 2.24) is 14.7 Å². The second kappa shape index (κ2) is 6.46. The molecule has 5 heteroatoms. The maximum Gasteiger partial charge on any atom is 0.273 e. The van der Waals surface area contributed by atoms with E-state index >= 15 is 0 Å². The van der Waals surface area contributed by atoms with Crippen LogP contribution < -0.4 is 5.32 Å². The van der Waals surface area contributed by atoms with E-state index < -0.39 is 0 Å². The van der Waals surface area contributed by atoms with Crippen LogP contribution >= 0.6 is 11.5 Å². The van der Waals surface area contributed by atoms with E-state index in [1.165, 1.54) is 11.5 Å². The number of benzene rings is 1. The first kappa shape index (κ1) is 15.6. The molecule has 118 valence electrons. The number of amides is 1. The molecule has 23 heavy (non-hydrogen) atoms. The Labute approximate surface area is 139 Å². The molecule has 1 N–H and O–H groups in total. The van der Waals surface area contributed by atoms with E-state index in [2.05, 4.69) is 21.6 Å². The quantitative estimate of drug-likeness (QED) is 0.782. The molecule has 1 aromatic carbocycles. The first-order valence-corrected chi connectivity index (χ1v) is 8.47. The molecule has 1 unspecified atom stereocenters. The lowest BCUT2D eigenvalue weighted by Crippen LogP contribution is -2.28. The van der Waals surface area contributed by atoms with Crippen LogP contribution in [-0.4, -0.2) is 15.3 Å². The van der Waals surface area contributed by atoms with Crippen molar-refractivity contribution in [3.63, 3.8) is 0 Å². The lowest BCUT2D eigenvalue weighted by molar-refractivity contribution is 0.0933. The van der Waals surface area contributed by atoms with Gasteiger partial charge in [0.2, 0.25) is 0 Å². The summed E-state index contributed by atoms with van der Waals surface area (Å²) in [6, 6.07) is 12.0. The average Bonchev–Trinajstić information content (AvgIpc) is 2.97. The number of nitrogens with zero attached hydrogens (tertiary/aromatic N) is 2. The molecule has 4 nitrogen and oxygen atoms in total. The van der Waals surface area contributed by atoms with E-state index in [-0.39, 0.29) is 11.9 Å². The molecule has 2 heterocycles.